The summed E-state index contributed by atoms with van der Waals surface area (Å²) in [4.78, 5) is 13.2. The number of nitrogens with one attached hydrogen (secondary N) is 1. The van der Waals surface area contributed by atoms with Gasteiger partial charge in [0.25, 0.3) is 0 Å². The molecule has 9 nitrogen and oxygen atoms in total. The maximum absolute atomic E-state index is 11.3. The van der Waals surface area contributed by atoms with Crippen LogP contribution in [0.1, 0.15) is 11.3 Å². The second-order valence-electron chi connectivity index (χ2n) is 6.47. The van der Waals surface area contributed by atoms with Crippen molar-refractivity contribution in [3.63, 3.8) is 0 Å². The molecule has 0 saturated carbocycles. The van der Waals surface area contributed by atoms with E-state index in [9.17, 15) is 10.1 Å². The molecule has 0 amide bonds. The Balaban J connectivity index is 1.56. The zero-order valence-corrected chi connectivity index (χ0v) is 15.7. The van der Waals surface area contributed by atoms with Gasteiger partial charge >= 0.3 is 5.69 Å². The topological polar surface area (TPSA) is 94.7 Å². The highest BCUT2D eigenvalue weighted by molar-refractivity contribution is 5.59. The third-order valence-electron chi connectivity index (χ3n) is 4.51. The molecule has 9 heteroatoms. The summed E-state index contributed by atoms with van der Waals surface area (Å²) >= 11 is 0. The fraction of sp³-hybridized carbons (Fsp3) is 0.500. The van der Waals surface area contributed by atoms with E-state index >= 15 is 0 Å². The molecule has 2 heterocycles. The third-order valence-corrected chi connectivity index (χ3v) is 4.51. The van der Waals surface area contributed by atoms with E-state index in [0.29, 0.717) is 24.7 Å². The fourth-order valence-corrected chi connectivity index (χ4v) is 3.11. The maximum Gasteiger partial charge on any atom is 0.333 e. The van der Waals surface area contributed by atoms with Crippen LogP contribution in [0.3, 0.4) is 0 Å². The Kier molecular flexibility index (Phi) is 6.25. The Hall–Kier alpha value is -2.65. The van der Waals surface area contributed by atoms with Crippen molar-refractivity contribution in [2.75, 3.05) is 44.8 Å². The van der Waals surface area contributed by atoms with Crippen molar-refractivity contribution in [3.05, 3.63) is 45.6 Å². The van der Waals surface area contributed by atoms with Crippen LogP contribution >= 0.6 is 0 Å². The number of hydrogen-bond acceptors (Lipinski definition) is 7. The van der Waals surface area contributed by atoms with Crippen LogP contribution in [0.5, 0.6) is 5.75 Å². The lowest BCUT2D eigenvalue weighted by Gasteiger charge is -2.26. The van der Waals surface area contributed by atoms with Crippen LogP contribution in [0.25, 0.3) is 0 Å². The van der Waals surface area contributed by atoms with E-state index < -0.39 is 4.92 Å². The molecule has 1 fully saturated rings. The summed E-state index contributed by atoms with van der Waals surface area (Å²) in [7, 11) is 1.69. The molecular weight excluding hydrogens is 350 g/mol. The van der Waals surface area contributed by atoms with Crippen LogP contribution in [-0.4, -0.2) is 59.1 Å². The molecule has 0 radical (unpaired) electrons. The lowest BCUT2D eigenvalue weighted by atomic mass is 10.2. The Morgan fingerprint density at radius 1 is 1.37 bits per heavy atom. The van der Waals surface area contributed by atoms with Crippen molar-refractivity contribution in [2.45, 2.75) is 13.5 Å². The van der Waals surface area contributed by atoms with Gasteiger partial charge in [-0.2, -0.15) is 5.10 Å². The first-order chi connectivity index (χ1) is 13.0. The van der Waals surface area contributed by atoms with E-state index in [0.717, 1.165) is 44.2 Å². The van der Waals surface area contributed by atoms with Gasteiger partial charge in [0.2, 0.25) is 5.82 Å². The third kappa shape index (κ3) is 4.95. The standard InChI is InChI=1S/C18H25N5O4/c1-14-17(23(24)25)18(21(2)20-14)19-13-15-4-3-5-16(12-15)27-11-8-22-6-9-26-10-7-22/h3-5,12,19H,6-11,13H2,1-2H3. The number of anilines is 1. The average Bonchev–Trinajstić information content (AvgIpc) is 2.94. The van der Waals surface area contributed by atoms with Gasteiger partial charge in [-0.1, -0.05) is 12.1 Å². The number of morpholine rings is 1. The summed E-state index contributed by atoms with van der Waals surface area (Å²) < 4.78 is 12.7. The van der Waals surface area contributed by atoms with Crippen LogP contribution in [0.15, 0.2) is 24.3 Å². The minimum Gasteiger partial charge on any atom is -0.492 e. The van der Waals surface area contributed by atoms with E-state index in [1.807, 2.05) is 24.3 Å². The second kappa shape index (κ2) is 8.83. The van der Waals surface area contributed by atoms with E-state index in [1.54, 1.807) is 14.0 Å². The number of nitrogens with zero attached hydrogens (tertiary/aromatic N) is 4. The van der Waals surface area contributed by atoms with Gasteiger partial charge in [-0.25, -0.2) is 4.68 Å². The van der Waals surface area contributed by atoms with Crippen molar-refractivity contribution in [3.8, 4) is 5.75 Å². The Bertz CT molecular complexity index is 786. The molecule has 1 aromatic heterocycles. The molecule has 0 bridgehead atoms. The monoisotopic (exact) mass is 375 g/mol. The van der Waals surface area contributed by atoms with Crippen LogP contribution in [0.4, 0.5) is 11.5 Å². The van der Waals surface area contributed by atoms with E-state index in [-0.39, 0.29) is 5.69 Å². The van der Waals surface area contributed by atoms with Gasteiger partial charge in [-0.3, -0.25) is 15.0 Å². The summed E-state index contributed by atoms with van der Waals surface area (Å²) in [6.45, 7) is 7.00. The summed E-state index contributed by atoms with van der Waals surface area (Å²) in [5, 5.41) is 18.5. The number of aromatic nitrogens is 2. The number of rotatable bonds is 8. The molecule has 0 atom stereocenters. The van der Waals surface area contributed by atoms with Crippen molar-refractivity contribution in [1.82, 2.24) is 14.7 Å². The Morgan fingerprint density at radius 3 is 2.89 bits per heavy atom. The minimum absolute atomic E-state index is 0.00964. The molecule has 0 aliphatic carbocycles. The van der Waals surface area contributed by atoms with Gasteiger partial charge < -0.3 is 14.8 Å². The smallest absolute Gasteiger partial charge is 0.333 e. The molecule has 146 valence electrons. The molecule has 27 heavy (non-hydrogen) atoms. The van der Waals surface area contributed by atoms with Gasteiger partial charge in [0.15, 0.2) is 0 Å². The predicted octanol–water partition coefficient (Wildman–Crippen LogP) is 1.96. The minimum atomic E-state index is -0.407. The zero-order chi connectivity index (χ0) is 19.2. The van der Waals surface area contributed by atoms with Crippen molar-refractivity contribution < 1.29 is 14.4 Å². The van der Waals surface area contributed by atoms with Gasteiger partial charge in [0.1, 0.15) is 18.1 Å². The largest absolute Gasteiger partial charge is 0.492 e. The number of nitro groups is 1. The quantitative estimate of drug-likeness (QED) is 0.557. The molecule has 1 saturated heterocycles. The van der Waals surface area contributed by atoms with Crippen molar-refractivity contribution >= 4 is 11.5 Å². The number of benzene rings is 1. The number of hydrogen-bond donors (Lipinski definition) is 1. The predicted molar refractivity (Wildman–Crippen MR) is 101 cm³/mol. The molecular formula is C18H25N5O4. The van der Waals surface area contributed by atoms with Gasteiger partial charge in [0, 0.05) is 33.2 Å². The lowest BCUT2D eigenvalue weighted by Crippen LogP contribution is -2.38. The molecule has 1 N–H and O–H groups in total. The Labute approximate surface area is 158 Å². The highest BCUT2D eigenvalue weighted by atomic mass is 16.6. The molecule has 3 rings (SSSR count). The Morgan fingerprint density at radius 2 is 2.15 bits per heavy atom. The molecule has 0 spiro atoms. The lowest BCUT2D eigenvalue weighted by molar-refractivity contribution is -0.384. The van der Waals surface area contributed by atoms with Gasteiger partial charge in [-0.15, -0.1) is 0 Å². The normalized spacial score (nSPS) is 14.9. The van der Waals surface area contributed by atoms with Crippen molar-refractivity contribution in [1.29, 1.82) is 0 Å². The van der Waals surface area contributed by atoms with Crippen LogP contribution in [0.2, 0.25) is 0 Å². The van der Waals surface area contributed by atoms with Crippen LogP contribution < -0.4 is 10.1 Å². The highest BCUT2D eigenvalue weighted by Crippen LogP contribution is 2.27. The SMILES string of the molecule is Cc1nn(C)c(NCc2cccc(OCCN3CCOCC3)c2)c1[N+](=O)[O-]. The van der Waals surface area contributed by atoms with Crippen LogP contribution in [0, 0.1) is 17.0 Å². The first-order valence-corrected chi connectivity index (χ1v) is 8.98. The van der Waals surface area contributed by atoms with Crippen LogP contribution in [-0.2, 0) is 18.3 Å². The number of ether oxygens (including phenoxy) is 2. The summed E-state index contributed by atoms with van der Waals surface area (Å²) in [6, 6.07) is 7.74. The van der Waals surface area contributed by atoms with E-state index in [4.69, 9.17) is 9.47 Å². The summed E-state index contributed by atoms with van der Waals surface area (Å²) in [5.74, 6) is 1.19. The maximum atomic E-state index is 11.3. The molecule has 1 aliphatic heterocycles. The summed E-state index contributed by atoms with van der Waals surface area (Å²) in [5.41, 5.74) is 1.38. The number of aryl methyl sites for hydroxylation is 2. The molecule has 0 unspecified atom stereocenters. The second-order valence-corrected chi connectivity index (χ2v) is 6.47. The fourth-order valence-electron chi connectivity index (χ4n) is 3.11. The molecule has 1 aromatic carbocycles. The molecule has 1 aliphatic rings. The first kappa shape index (κ1) is 19.1. The average molecular weight is 375 g/mol. The van der Waals surface area contributed by atoms with Gasteiger partial charge in [0.05, 0.1) is 18.1 Å². The van der Waals surface area contributed by atoms with Crippen molar-refractivity contribution in [2.24, 2.45) is 7.05 Å². The van der Waals surface area contributed by atoms with E-state index in [1.165, 1.54) is 4.68 Å². The highest BCUT2D eigenvalue weighted by Gasteiger charge is 2.23. The summed E-state index contributed by atoms with van der Waals surface area (Å²) in [6.07, 6.45) is 0. The van der Waals surface area contributed by atoms with Gasteiger partial charge in [-0.05, 0) is 24.6 Å². The van der Waals surface area contributed by atoms with E-state index in [2.05, 4.69) is 15.3 Å². The first-order valence-electron chi connectivity index (χ1n) is 8.98. The molecule has 2 aromatic rings. The zero-order valence-electron chi connectivity index (χ0n) is 15.7.